The van der Waals surface area contributed by atoms with Crippen molar-refractivity contribution >= 4 is 5.91 Å². The van der Waals surface area contributed by atoms with Gasteiger partial charge in [0.25, 0.3) is 4.98 Å². The first-order valence-corrected chi connectivity index (χ1v) is 4.29. The first-order valence-electron chi connectivity index (χ1n) is 4.29. The second kappa shape index (κ2) is 2.43. The van der Waals surface area contributed by atoms with Gasteiger partial charge in [-0.3, -0.25) is 4.79 Å². The largest absolute Gasteiger partial charge is 0.313 e. The van der Waals surface area contributed by atoms with Gasteiger partial charge in [0.1, 0.15) is 0 Å². The van der Waals surface area contributed by atoms with Gasteiger partial charge in [0.05, 0.1) is 4.91 Å². The van der Waals surface area contributed by atoms with Crippen LogP contribution in [0.25, 0.3) is 0 Å². The van der Waals surface area contributed by atoms with E-state index in [1.54, 1.807) is 0 Å². The molecule has 0 atom stereocenters. The summed E-state index contributed by atoms with van der Waals surface area (Å²) < 4.78 is 0. The van der Waals surface area contributed by atoms with Crippen molar-refractivity contribution < 1.29 is 9.77 Å². The summed E-state index contributed by atoms with van der Waals surface area (Å²) in [5.74, 6) is -0.169. The summed E-state index contributed by atoms with van der Waals surface area (Å²) >= 11 is 0. The molecule has 2 N–H and O–H groups in total. The van der Waals surface area contributed by atoms with Crippen molar-refractivity contribution in [2.24, 2.45) is 0 Å². The zero-order valence-corrected chi connectivity index (χ0v) is 6.80. The van der Waals surface area contributed by atoms with Gasteiger partial charge in [-0.2, -0.15) is 0 Å². The van der Waals surface area contributed by atoms with Gasteiger partial charge in [-0.15, -0.1) is 5.43 Å². The fourth-order valence-corrected chi connectivity index (χ4v) is 1.97. The van der Waals surface area contributed by atoms with Crippen LogP contribution in [0.4, 0.5) is 0 Å². The highest BCUT2D eigenvalue weighted by molar-refractivity contribution is 5.86. The predicted molar refractivity (Wildman–Crippen MR) is 40.7 cm³/mol. The summed E-state index contributed by atoms with van der Waals surface area (Å²) in [4.78, 5) is 22.6. The number of nitroso groups, excluding NO2 is 1. The van der Waals surface area contributed by atoms with Crippen molar-refractivity contribution in [2.45, 2.75) is 37.6 Å². The fraction of sp³-hybridized carbons (Fsp3) is 0.857. The molecule has 1 heterocycles. The van der Waals surface area contributed by atoms with Gasteiger partial charge in [-0.05, 0) is 12.8 Å². The Balaban J connectivity index is 2.18. The molecule has 5 heteroatoms. The molecule has 5 nitrogen and oxygen atoms in total. The monoisotopic (exact) mass is 170 g/mol. The number of nitrogens with one attached hydrogen (secondary N) is 2. The van der Waals surface area contributed by atoms with E-state index in [-0.39, 0.29) is 5.91 Å². The first kappa shape index (κ1) is 7.52. The maximum atomic E-state index is 11.3. The summed E-state index contributed by atoms with van der Waals surface area (Å²) in [6.07, 6.45) is 4.76. The molecule has 0 aromatic rings. The van der Waals surface area contributed by atoms with Crippen molar-refractivity contribution in [3.05, 3.63) is 4.91 Å². The normalized spacial score (nSPS) is 27.0. The Labute approximate surface area is 70.0 Å². The Morgan fingerprint density at radius 1 is 1.25 bits per heavy atom. The molecular weight excluding hydrogens is 158 g/mol. The Hall–Kier alpha value is -1.13. The number of carbonyl (C=O) groups is 1. The van der Waals surface area contributed by atoms with Gasteiger partial charge >= 0.3 is 5.91 Å². The molecule has 1 aliphatic heterocycles. The van der Waals surface area contributed by atoms with Gasteiger partial charge < -0.3 is 0 Å². The number of hydrogen-bond donors (Lipinski definition) is 2. The lowest BCUT2D eigenvalue weighted by molar-refractivity contribution is -0.640. The zero-order chi connectivity index (χ0) is 8.60. The molecule has 2 rings (SSSR count). The number of rotatable bonds is 0. The molecule has 1 amide bonds. The Morgan fingerprint density at radius 2 is 1.92 bits per heavy atom. The third-order valence-electron chi connectivity index (χ3n) is 2.66. The standard InChI is InChI=1S/C7H11N3O2/c11-6-7(9-10(12)8-6)4-2-1-3-5-7/h1-5H2,(H-,8,9,11,12)/p+1. The molecule has 66 valence electrons. The molecule has 0 radical (unpaired) electrons. The topological polar surface area (TPSA) is 61.2 Å². The molecule has 2 fully saturated rings. The molecule has 0 bridgehead atoms. The van der Waals surface area contributed by atoms with Crippen molar-refractivity contribution in [3.8, 4) is 0 Å². The van der Waals surface area contributed by atoms with Crippen LogP contribution < -0.4 is 10.9 Å². The quantitative estimate of drug-likeness (QED) is 0.504. The molecule has 2 aliphatic rings. The summed E-state index contributed by atoms with van der Waals surface area (Å²) in [5.41, 5.74) is 4.26. The number of hydrazine groups is 2. The molecule has 0 aromatic carbocycles. The van der Waals surface area contributed by atoms with Crippen LogP contribution in [0.1, 0.15) is 32.1 Å². The maximum Gasteiger partial charge on any atom is 0.313 e. The Morgan fingerprint density at radius 3 is 2.42 bits per heavy atom. The van der Waals surface area contributed by atoms with E-state index < -0.39 is 5.54 Å². The van der Waals surface area contributed by atoms with Crippen LogP contribution >= 0.6 is 0 Å². The lowest BCUT2D eigenvalue weighted by Gasteiger charge is -2.24. The minimum Gasteiger partial charge on any atom is -0.266 e. The third kappa shape index (κ3) is 0.964. The highest BCUT2D eigenvalue weighted by atomic mass is 16.4. The number of nitrogens with zero attached hydrogens (tertiary/aromatic N) is 1. The van der Waals surface area contributed by atoms with E-state index in [9.17, 15) is 9.70 Å². The van der Waals surface area contributed by atoms with Crippen molar-refractivity contribution in [3.63, 3.8) is 0 Å². The van der Waals surface area contributed by atoms with Crippen LogP contribution in [-0.4, -0.2) is 16.4 Å². The molecule has 1 aliphatic carbocycles. The minimum absolute atomic E-state index is 0.169. The highest BCUT2D eigenvalue weighted by Crippen LogP contribution is 2.29. The van der Waals surface area contributed by atoms with E-state index in [2.05, 4.69) is 10.9 Å². The first-order chi connectivity index (χ1) is 5.73. The van der Waals surface area contributed by atoms with Crippen LogP contribution in [-0.2, 0) is 4.79 Å². The van der Waals surface area contributed by atoms with Crippen LogP contribution in [0.3, 0.4) is 0 Å². The number of amides is 1. The number of carbonyl (C=O) groups excluding carboxylic acids is 1. The molecule has 0 unspecified atom stereocenters. The summed E-state index contributed by atoms with van der Waals surface area (Å²) in [6, 6.07) is 0. The fourth-order valence-electron chi connectivity index (χ4n) is 1.97. The van der Waals surface area contributed by atoms with Gasteiger partial charge in [0.2, 0.25) is 0 Å². The SMILES string of the molecule is O=C1N[N+](=O)NC12CCCCC2. The minimum atomic E-state index is -0.583. The van der Waals surface area contributed by atoms with Gasteiger partial charge in [-0.25, -0.2) is 0 Å². The molecule has 1 saturated heterocycles. The number of hydrogen-bond acceptors (Lipinski definition) is 2. The Bertz CT molecular complexity index is 233. The highest BCUT2D eigenvalue weighted by Gasteiger charge is 2.52. The van der Waals surface area contributed by atoms with Gasteiger partial charge in [0, 0.05) is 0 Å². The van der Waals surface area contributed by atoms with E-state index >= 15 is 0 Å². The van der Waals surface area contributed by atoms with Crippen molar-refractivity contribution in [1.29, 1.82) is 0 Å². The van der Waals surface area contributed by atoms with E-state index in [1.165, 1.54) is 0 Å². The van der Waals surface area contributed by atoms with Crippen LogP contribution in [0, 0.1) is 4.91 Å². The van der Waals surface area contributed by atoms with E-state index in [4.69, 9.17) is 0 Å². The zero-order valence-electron chi connectivity index (χ0n) is 6.80. The second-order valence-electron chi connectivity index (χ2n) is 3.49. The average Bonchev–Trinajstić information content (AvgIpc) is 2.29. The van der Waals surface area contributed by atoms with Crippen LogP contribution in [0.15, 0.2) is 0 Å². The predicted octanol–water partition coefficient (Wildman–Crippen LogP) is 0.0176. The van der Waals surface area contributed by atoms with Crippen LogP contribution in [0.5, 0.6) is 0 Å². The third-order valence-corrected chi connectivity index (χ3v) is 2.66. The van der Waals surface area contributed by atoms with Crippen molar-refractivity contribution in [1.82, 2.24) is 10.9 Å². The van der Waals surface area contributed by atoms with Crippen molar-refractivity contribution in [2.75, 3.05) is 0 Å². The van der Waals surface area contributed by atoms with Gasteiger partial charge in [-0.1, -0.05) is 24.7 Å². The molecule has 0 aromatic heterocycles. The lowest BCUT2D eigenvalue weighted by Crippen LogP contribution is -2.48. The maximum absolute atomic E-state index is 11.3. The second-order valence-corrected chi connectivity index (χ2v) is 3.49. The summed E-state index contributed by atoms with van der Waals surface area (Å²) in [7, 11) is 0. The molecule has 1 spiro atoms. The Kier molecular flexibility index (Phi) is 1.52. The van der Waals surface area contributed by atoms with E-state index in [0.717, 1.165) is 32.1 Å². The van der Waals surface area contributed by atoms with E-state index in [1.807, 2.05) is 0 Å². The average molecular weight is 170 g/mol. The molecule has 1 saturated carbocycles. The van der Waals surface area contributed by atoms with Crippen LogP contribution in [0.2, 0.25) is 0 Å². The smallest absolute Gasteiger partial charge is 0.266 e. The summed E-state index contributed by atoms with van der Waals surface area (Å²) in [6.45, 7) is 0. The van der Waals surface area contributed by atoms with E-state index in [0.29, 0.717) is 4.98 Å². The van der Waals surface area contributed by atoms with Gasteiger partial charge in [0.15, 0.2) is 5.54 Å². The summed E-state index contributed by atoms with van der Waals surface area (Å²) in [5, 5.41) is 0. The molecular formula is C7H12N3O2+. The molecule has 12 heavy (non-hydrogen) atoms. The lowest BCUT2D eigenvalue weighted by atomic mass is 9.82.